The first-order valence-corrected chi connectivity index (χ1v) is 23.1. The third-order valence-electron chi connectivity index (χ3n) is 10.2. The van der Waals surface area contributed by atoms with Gasteiger partial charge < -0.3 is 15.2 Å². The van der Waals surface area contributed by atoms with E-state index >= 15 is 0 Å². The molecule has 0 bridgehead atoms. The quantitative estimate of drug-likeness (QED) is 0.0451. The highest BCUT2D eigenvalue weighted by Gasteiger charge is 2.47. The van der Waals surface area contributed by atoms with Gasteiger partial charge in [-0.05, 0) is 36.8 Å². The Morgan fingerprint density at radius 3 is 1.44 bits per heavy atom. The second-order valence-corrected chi connectivity index (χ2v) is 18.8. The summed E-state index contributed by atoms with van der Waals surface area (Å²) in [5.41, 5.74) is 6.97. The summed E-state index contributed by atoms with van der Waals surface area (Å²) in [6.45, 7) is 8.23. The minimum atomic E-state index is -0.926. The molecule has 0 aliphatic carbocycles. The highest BCUT2D eigenvalue weighted by Crippen LogP contribution is 2.69. The van der Waals surface area contributed by atoms with Crippen molar-refractivity contribution >= 4 is 76.7 Å². The van der Waals surface area contributed by atoms with Gasteiger partial charge in [0.15, 0.2) is 11.5 Å². The van der Waals surface area contributed by atoms with Crippen LogP contribution in [0.5, 0.6) is 11.5 Å². The molecule has 3 aliphatic rings. The molecule has 2 unspecified atom stereocenters. The summed E-state index contributed by atoms with van der Waals surface area (Å²) in [4.78, 5) is 71.1. The number of nitriles is 1. The molecule has 1 fully saturated rings. The number of hydrazine groups is 1. The fourth-order valence-corrected chi connectivity index (χ4v) is 12.3. The van der Waals surface area contributed by atoms with Crippen LogP contribution in [0.1, 0.15) is 90.2 Å². The number of thioether (sulfide) groups is 4. The van der Waals surface area contributed by atoms with E-state index in [1.54, 1.807) is 0 Å². The Kier molecular flexibility index (Phi) is 15.0. The molecule has 15 heteroatoms. The van der Waals surface area contributed by atoms with Gasteiger partial charge >= 0.3 is 11.9 Å². The number of hydrogen-bond donors (Lipinski definition) is 1. The predicted octanol–water partition coefficient (Wildman–Crippen LogP) is 9.74. The van der Waals surface area contributed by atoms with Crippen molar-refractivity contribution in [1.82, 2.24) is 10.0 Å². The van der Waals surface area contributed by atoms with Crippen molar-refractivity contribution in [3.05, 3.63) is 91.4 Å². The van der Waals surface area contributed by atoms with Crippen LogP contribution in [-0.2, 0) is 37.1 Å². The maximum absolute atomic E-state index is 14.6. The summed E-state index contributed by atoms with van der Waals surface area (Å²) < 4.78 is 13.3. The van der Waals surface area contributed by atoms with Gasteiger partial charge in [-0.15, -0.1) is 0 Å². The molecule has 11 nitrogen and oxygen atoms in total. The van der Waals surface area contributed by atoms with E-state index in [1.807, 2.05) is 94.4 Å². The standard InChI is InChI=1S/C44H46N4O7S4/c1-5-9-21-28(7-3)41(52)54-32-34-35(57-43(56-34)30(23-45)38(46)49)33(55-42(53)29(8-4)22-10-6-2)37-36(32)58-44(59-37)31-39(50)47(24-26-17-13-11-14-18-26)48(40(31)51)25-27-19-15-12-16-20-27/h11-20,28-29H,5-10,21-22,24-25H2,1-4H3,(H2,46,49). The Balaban J connectivity index is 1.52. The molecule has 308 valence electrons. The highest BCUT2D eigenvalue weighted by molar-refractivity contribution is 8.26. The van der Waals surface area contributed by atoms with E-state index in [2.05, 4.69) is 0 Å². The van der Waals surface area contributed by atoms with Crippen LogP contribution in [-0.4, -0.2) is 39.7 Å². The van der Waals surface area contributed by atoms with E-state index in [1.165, 1.54) is 10.0 Å². The molecule has 1 saturated heterocycles. The second kappa shape index (κ2) is 20.1. The monoisotopic (exact) mass is 870 g/mol. The lowest BCUT2D eigenvalue weighted by Crippen LogP contribution is -2.39. The summed E-state index contributed by atoms with van der Waals surface area (Å²) in [6.07, 6.45) is 5.74. The lowest BCUT2D eigenvalue weighted by Gasteiger charge is -2.27. The Hall–Kier alpha value is -4.62. The topological polar surface area (TPSA) is 160 Å². The first kappa shape index (κ1) is 43.9. The first-order chi connectivity index (χ1) is 28.5. The minimum absolute atomic E-state index is 0.0529. The minimum Gasteiger partial charge on any atom is -0.424 e. The average Bonchev–Trinajstić information content (AvgIpc) is 3.92. The molecular weight excluding hydrogens is 825 g/mol. The fraction of sp³-hybridized carbons (Fsp3) is 0.364. The fourth-order valence-electron chi connectivity index (χ4n) is 6.81. The Morgan fingerprint density at radius 1 is 0.678 bits per heavy atom. The maximum Gasteiger partial charge on any atom is 0.314 e. The van der Waals surface area contributed by atoms with Gasteiger partial charge in [0.2, 0.25) is 0 Å². The molecule has 0 radical (unpaired) electrons. The van der Waals surface area contributed by atoms with Gasteiger partial charge in [-0.25, -0.2) is 10.0 Å². The Bertz CT molecular complexity index is 2110. The van der Waals surface area contributed by atoms with Crippen LogP contribution in [0, 0.1) is 23.2 Å². The summed E-state index contributed by atoms with van der Waals surface area (Å²) in [7, 11) is 0. The van der Waals surface area contributed by atoms with E-state index in [0.717, 1.165) is 83.9 Å². The van der Waals surface area contributed by atoms with Crippen molar-refractivity contribution in [3.63, 3.8) is 0 Å². The van der Waals surface area contributed by atoms with E-state index in [-0.39, 0.29) is 40.0 Å². The van der Waals surface area contributed by atoms with Gasteiger partial charge in [-0.3, -0.25) is 24.0 Å². The number of unbranched alkanes of at least 4 members (excludes halogenated alkanes) is 2. The number of primary amides is 1. The zero-order valence-corrected chi connectivity index (χ0v) is 36.7. The van der Waals surface area contributed by atoms with Gasteiger partial charge in [-0.1, -0.05) is 161 Å². The molecule has 3 aromatic carbocycles. The number of nitrogens with zero attached hydrogens (tertiary/aromatic N) is 3. The van der Waals surface area contributed by atoms with Crippen molar-refractivity contribution < 1.29 is 33.4 Å². The molecule has 3 heterocycles. The van der Waals surface area contributed by atoms with Crippen LogP contribution in [0.3, 0.4) is 0 Å². The van der Waals surface area contributed by atoms with Crippen molar-refractivity contribution in [1.29, 1.82) is 5.26 Å². The zero-order valence-electron chi connectivity index (χ0n) is 33.4. The maximum atomic E-state index is 14.6. The molecular formula is C44H46N4O7S4. The number of carbonyl (C=O) groups excluding carboxylic acids is 5. The summed E-state index contributed by atoms with van der Waals surface area (Å²) >= 11 is 4.28. The molecule has 0 saturated carbocycles. The van der Waals surface area contributed by atoms with Crippen LogP contribution in [0.4, 0.5) is 0 Å². The average molecular weight is 871 g/mol. The number of carbonyl (C=O) groups is 5. The first-order valence-electron chi connectivity index (χ1n) is 19.8. The molecule has 3 aliphatic heterocycles. The number of esters is 2. The highest BCUT2D eigenvalue weighted by atomic mass is 32.2. The number of ether oxygens (including phenoxy) is 2. The molecule has 0 aromatic heterocycles. The summed E-state index contributed by atoms with van der Waals surface area (Å²) in [5, 5.41) is 12.9. The van der Waals surface area contributed by atoms with E-state index < -0.39 is 41.5 Å². The number of benzene rings is 3. The molecule has 2 atom stereocenters. The number of rotatable bonds is 17. The van der Waals surface area contributed by atoms with Crippen molar-refractivity contribution in [2.24, 2.45) is 17.6 Å². The van der Waals surface area contributed by atoms with Crippen molar-refractivity contribution in [2.45, 2.75) is 112 Å². The lowest BCUT2D eigenvalue weighted by atomic mass is 10.00. The van der Waals surface area contributed by atoms with Crippen LogP contribution < -0.4 is 15.2 Å². The molecule has 3 amide bonds. The normalized spacial score (nSPS) is 15.5. The SMILES string of the molecule is CCCCC(CC)C(=O)Oc1c2c(c(OC(=O)C(CC)CCCC)c3c1SC(=C1C(=O)N(Cc4ccccc4)N(Cc4ccccc4)C1=O)S3)SC(=C(C#N)C(N)=O)S2. The Morgan fingerprint density at radius 2 is 1.08 bits per heavy atom. The predicted molar refractivity (Wildman–Crippen MR) is 231 cm³/mol. The summed E-state index contributed by atoms with van der Waals surface area (Å²) in [5.74, 6) is -3.35. The number of nitrogens with two attached hydrogens (primary N) is 1. The van der Waals surface area contributed by atoms with Crippen LogP contribution >= 0.6 is 47.0 Å². The third kappa shape index (κ3) is 9.56. The van der Waals surface area contributed by atoms with Gasteiger partial charge in [-0.2, -0.15) is 5.26 Å². The molecule has 59 heavy (non-hydrogen) atoms. The van der Waals surface area contributed by atoms with Crippen molar-refractivity contribution in [3.8, 4) is 17.6 Å². The molecule has 0 spiro atoms. The van der Waals surface area contributed by atoms with Gasteiger partial charge in [0.1, 0.15) is 17.2 Å². The third-order valence-corrected chi connectivity index (χ3v) is 15.4. The van der Waals surface area contributed by atoms with E-state index in [4.69, 9.17) is 15.2 Å². The Labute approximate surface area is 361 Å². The summed E-state index contributed by atoms with van der Waals surface area (Å²) in [6, 6.07) is 20.7. The van der Waals surface area contributed by atoms with Gasteiger partial charge in [0.25, 0.3) is 17.7 Å². The second-order valence-electron chi connectivity index (χ2n) is 14.2. The van der Waals surface area contributed by atoms with Gasteiger partial charge in [0, 0.05) is 0 Å². The molecule has 2 N–H and O–H groups in total. The van der Waals surface area contributed by atoms with Gasteiger partial charge in [0.05, 0.1) is 53.0 Å². The van der Waals surface area contributed by atoms with Crippen LogP contribution in [0.15, 0.2) is 99.9 Å². The van der Waals surface area contributed by atoms with E-state index in [9.17, 15) is 29.2 Å². The molecule has 6 rings (SSSR count). The zero-order chi connectivity index (χ0) is 42.2. The number of hydrogen-bond acceptors (Lipinski definition) is 12. The molecule has 3 aromatic rings. The van der Waals surface area contributed by atoms with Crippen molar-refractivity contribution in [2.75, 3.05) is 0 Å². The van der Waals surface area contributed by atoms with Crippen LogP contribution in [0.25, 0.3) is 0 Å². The number of fused-ring (bicyclic) bond motifs is 2. The van der Waals surface area contributed by atoms with Crippen LogP contribution in [0.2, 0.25) is 0 Å². The smallest absolute Gasteiger partial charge is 0.314 e. The van der Waals surface area contributed by atoms with E-state index in [0.29, 0.717) is 49.5 Å². The lowest BCUT2D eigenvalue weighted by molar-refractivity contribution is -0.149. The number of amides is 3. The largest absolute Gasteiger partial charge is 0.424 e.